The lowest BCUT2D eigenvalue weighted by Crippen LogP contribution is -2.47. The summed E-state index contributed by atoms with van der Waals surface area (Å²) in [7, 11) is -1.77. The van der Waals surface area contributed by atoms with Gasteiger partial charge in [-0.2, -0.15) is 0 Å². The van der Waals surface area contributed by atoms with Crippen molar-refractivity contribution in [1.29, 1.82) is 0 Å². The van der Waals surface area contributed by atoms with Gasteiger partial charge in [-0.1, -0.05) is 41.5 Å². The molecule has 1 saturated heterocycles. The molecule has 0 saturated carbocycles. The molecule has 0 spiro atoms. The molecule has 0 bridgehead atoms. The summed E-state index contributed by atoms with van der Waals surface area (Å²) in [6.07, 6.45) is 4.43. The van der Waals surface area contributed by atoms with Crippen LogP contribution < -0.4 is 0 Å². The van der Waals surface area contributed by atoms with Crippen LogP contribution in [0.2, 0.25) is 16.6 Å². The largest absolute Gasteiger partial charge is 0.444 e. The van der Waals surface area contributed by atoms with E-state index in [1.807, 2.05) is 25.7 Å². The lowest BCUT2D eigenvalue weighted by Gasteiger charge is -2.42. The number of hydrogen-bond acceptors (Lipinski definition) is 3. The number of carbonyl (C=O) groups is 1. The zero-order valence-electron chi connectivity index (χ0n) is 20.4. The molecule has 0 aromatic carbocycles. The Balaban J connectivity index is 2.46. The molecule has 0 radical (unpaired) electrons. The summed E-state index contributed by atoms with van der Waals surface area (Å²) >= 11 is 0. The Morgan fingerprint density at radius 1 is 1.07 bits per heavy atom. The highest BCUT2D eigenvalue weighted by atomic mass is 28.4. The average Bonchev–Trinajstić information content (AvgIpc) is 3.03. The molecule has 4 nitrogen and oxygen atoms in total. The minimum absolute atomic E-state index is 0.191. The number of carbonyl (C=O) groups excluding carboxylic acids is 1. The van der Waals surface area contributed by atoms with Crippen molar-refractivity contribution >= 4 is 14.4 Å². The van der Waals surface area contributed by atoms with Gasteiger partial charge in [-0.3, -0.25) is 0 Å². The number of ether oxygens (including phenoxy) is 1. The van der Waals surface area contributed by atoms with Gasteiger partial charge in [-0.05, 0) is 56.7 Å². The highest BCUT2D eigenvalue weighted by Gasteiger charge is 2.44. The zero-order chi connectivity index (χ0) is 22.2. The molecule has 1 atom stereocenters. The molecule has 1 rings (SSSR count). The van der Waals surface area contributed by atoms with Gasteiger partial charge in [0, 0.05) is 32.0 Å². The molecule has 29 heavy (non-hydrogen) atoms. The van der Waals surface area contributed by atoms with E-state index >= 15 is 0 Å². The number of hydrogen-bond donors (Lipinski definition) is 0. The predicted molar refractivity (Wildman–Crippen MR) is 125 cm³/mol. The Morgan fingerprint density at radius 3 is 2.17 bits per heavy atom. The topological polar surface area (TPSA) is 38.8 Å². The van der Waals surface area contributed by atoms with Gasteiger partial charge in [0.25, 0.3) is 0 Å². The van der Waals surface area contributed by atoms with Crippen molar-refractivity contribution in [3.8, 4) is 11.8 Å². The second-order valence-corrected chi connectivity index (χ2v) is 15.8. The number of nitrogens with zero attached hydrogens (tertiary/aromatic N) is 1. The molecule has 1 fully saturated rings. The second-order valence-electron chi connectivity index (χ2n) is 10.3. The van der Waals surface area contributed by atoms with Crippen LogP contribution in [-0.2, 0) is 9.16 Å². The fraction of sp³-hybridized carbons (Fsp3) is 0.875. The standard InChI is InChI=1S/C24H45NO3Si/c1-19(2)29(20(3)4,21(5)6)27-18-13-11-10-12-15-22-16-14-17-25(22)23(26)28-24(7,8)9/h19-22H,11,13-18H2,1-9H3. The third-order valence-corrected chi connectivity index (χ3v) is 12.1. The van der Waals surface area contributed by atoms with Gasteiger partial charge in [0.1, 0.15) is 5.60 Å². The molecule has 1 unspecified atom stereocenters. The summed E-state index contributed by atoms with van der Waals surface area (Å²) in [6.45, 7) is 21.3. The van der Waals surface area contributed by atoms with E-state index in [2.05, 4.69) is 53.4 Å². The van der Waals surface area contributed by atoms with Crippen LogP contribution in [0, 0.1) is 11.8 Å². The van der Waals surface area contributed by atoms with Crippen molar-refractivity contribution in [2.75, 3.05) is 13.2 Å². The Labute approximate surface area is 181 Å². The van der Waals surface area contributed by atoms with Crippen LogP contribution in [0.25, 0.3) is 0 Å². The monoisotopic (exact) mass is 423 g/mol. The van der Waals surface area contributed by atoms with Gasteiger partial charge in [-0.15, -0.1) is 11.8 Å². The maximum absolute atomic E-state index is 12.3. The van der Waals surface area contributed by atoms with E-state index in [9.17, 15) is 4.79 Å². The first-order chi connectivity index (χ1) is 13.4. The van der Waals surface area contributed by atoms with E-state index in [1.165, 1.54) is 0 Å². The summed E-state index contributed by atoms with van der Waals surface area (Å²) < 4.78 is 12.1. The number of amides is 1. The van der Waals surface area contributed by atoms with E-state index in [-0.39, 0.29) is 12.1 Å². The Hall–Kier alpha value is -0.993. The van der Waals surface area contributed by atoms with E-state index in [4.69, 9.17) is 9.16 Å². The van der Waals surface area contributed by atoms with E-state index in [0.29, 0.717) is 16.6 Å². The van der Waals surface area contributed by atoms with Gasteiger partial charge in [-0.25, -0.2) is 4.79 Å². The predicted octanol–water partition coefficient (Wildman–Crippen LogP) is 6.75. The first-order valence-corrected chi connectivity index (χ1v) is 13.6. The molecule has 1 heterocycles. The van der Waals surface area contributed by atoms with Crippen LogP contribution in [0.15, 0.2) is 0 Å². The quantitative estimate of drug-likeness (QED) is 0.246. The molecule has 0 aromatic heterocycles. The fourth-order valence-electron chi connectivity index (χ4n) is 4.80. The van der Waals surface area contributed by atoms with Crippen LogP contribution in [0.3, 0.4) is 0 Å². The lowest BCUT2D eigenvalue weighted by atomic mass is 10.1. The molecule has 1 aliphatic heterocycles. The normalized spacial score (nSPS) is 17.8. The van der Waals surface area contributed by atoms with Crippen molar-refractivity contribution in [3.63, 3.8) is 0 Å². The first kappa shape index (κ1) is 26.0. The van der Waals surface area contributed by atoms with Gasteiger partial charge >= 0.3 is 6.09 Å². The summed E-state index contributed by atoms with van der Waals surface area (Å²) in [6, 6.07) is 0.191. The third-order valence-electron chi connectivity index (χ3n) is 5.97. The summed E-state index contributed by atoms with van der Waals surface area (Å²) in [5.74, 6) is 6.60. The van der Waals surface area contributed by atoms with Crippen molar-refractivity contribution in [2.24, 2.45) is 0 Å². The Bertz CT molecular complexity index is 547. The second kappa shape index (κ2) is 11.4. The molecular weight excluding hydrogens is 378 g/mol. The molecule has 168 valence electrons. The minimum atomic E-state index is -1.77. The number of unbranched alkanes of at least 4 members (excludes halogenated alkanes) is 1. The Morgan fingerprint density at radius 2 is 1.66 bits per heavy atom. The smallest absolute Gasteiger partial charge is 0.410 e. The summed E-state index contributed by atoms with van der Waals surface area (Å²) in [4.78, 5) is 14.2. The molecular formula is C24H45NO3Si. The van der Waals surface area contributed by atoms with E-state index in [0.717, 1.165) is 45.3 Å². The first-order valence-electron chi connectivity index (χ1n) is 11.5. The Kier molecular flexibility index (Phi) is 10.2. The molecule has 5 heteroatoms. The van der Waals surface area contributed by atoms with Gasteiger partial charge in [0.15, 0.2) is 8.32 Å². The highest BCUT2D eigenvalue weighted by Crippen LogP contribution is 2.42. The maximum atomic E-state index is 12.3. The van der Waals surface area contributed by atoms with Crippen molar-refractivity contribution in [1.82, 2.24) is 4.90 Å². The lowest BCUT2D eigenvalue weighted by molar-refractivity contribution is 0.0230. The number of likely N-dealkylation sites (tertiary alicyclic amines) is 1. The molecule has 1 amide bonds. The van der Waals surface area contributed by atoms with Crippen molar-refractivity contribution in [3.05, 3.63) is 0 Å². The zero-order valence-corrected chi connectivity index (χ0v) is 21.4. The van der Waals surface area contributed by atoms with Crippen molar-refractivity contribution in [2.45, 2.75) is 123 Å². The maximum Gasteiger partial charge on any atom is 0.410 e. The van der Waals surface area contributed by atoms with Crippen molar-refractivity contribution < 1.29 is 14.0 Å². The van der Waals surface area contributed by atoms with Crippen LogP contribution in [0.4, 0.5) is 4.79 Å². The highest BCUT2D eigenvalue weighted by molar-refractivity contribution is 6.77. The fourth-order valence-corrected chi connectivity index (χ4v) is 10.3. The molecule has 0 aliphatic carbocycles. The SMILES string of the molecule is CC(C)[Si](OCCCC#CCC1CCCN1C(=O)OC(C)(C)C)(C(C)C)C(C)C. The van der Waals surface area contributed by atoms with Crippen LogP contribution >= 0.6 is 0 Å². The van der Waals surface area contributed by atoms with Crippen LogP contribution in [0.1, 0.15) is 94.4 Å². The van der Waals surface area contributed by atoms with Crippen LogP contribution in [0.5, 0.6) is 0 Å². The van der Waals surface area contributed by atoms with Crippen LogP contribution in [-0.4, -0.2) is 44.1 Å². The molecule has 0 aromatic rings. The van der Waals surface area contributed by atoms with E-state index < -0.39 is 13.9 Å². The van der Waals surface area contributed by atoms with Gasteiger partial charge in [0.05, 0.1) is 0 Å². The van der Waals surface area contributed by atoms with E-state index in [1.54, 1.807) is 0 Å². The summed E-state index contributed by atoms with van der Waals surface area (Å²) in [5, 5.41) is 0. The number of rotatable bonds is 8. The average molecular weight is 424 g/mol. The molecule has 0 N–H and O–H groups in total. The van der Waals surface area contributed by atoms with Gasteiger partial charge < -0.3 is 14.1 Å². The van der Waals surface area contributed by atoms with Gasteiger partial charge in [0.2, 0.25) is 0 Å². The minimum Gasteiger partial charge on any atom is -0.444 e. The third kappa shape index (κ3) is 7.64. The summed E-state index contributed by atoms with van der Waals surface area (Å²) in [5.41, 5.74) is 1.41. The molecule has 1 aliphatic rings.